The zero-order chi connectivity index (χ0) is 54.6. The molecule has 2 atom stereocenters. The van der Waals surface area contributed by atoms with Gasteiger partial charge in [0.1, 0.15) is 0 Å². The summed E-state index contributed by atoms with van der Waals surface area (Å²) in [6.45, 7) is 88.4. The highest BCUT2D eigenvalue weighted by Gasteiger charge is 2.47. The Balaban J connectivity index is 0.000000453. The van der Waals surface area contributed by atoms with Gasteiger partial charge >= 0.3 is 0 Å². The third-order valence-corrected chi connectivity index (χ3v) is 14.7. The summed E-state index contributed by atoms with van der Waals surface area (Å²) in [6, 6.07) is 0. The number of nitrogens with zero attached hydrogens (tertiary/aromatic N) is 4. The maximum absolute atomic E-state index is 2.68. The molecule has 0 N–H and O–H groups in total. The largest absolute Gasteiger partial charge is 0.348 e. The van der Waals surface area contributed by atoms with Crippen molar-refractivity contribution < 1.29 is 0 Å². The molecule has 68 heavy (non-hydrogen) atoms. The van der Waals surface area contributed by atoms with Crippen LogP contribution in [-0.4, -0.2) is 56.2 Å². The van der Waals surface area contributed by atoms with Crippen LogP contribution in [0.25, 0.3) is 0 Å². The number of aromatic nitrogens is 2. The van der Waals surface area contributed by atoms with Crippen molar-refractivity contribution in [3.63, 3.8) is 0 Å². The molecule has 1 fully saturated rings. The molecular weight excluding hydrogens is 825 g/mol. The Morgan fingerprint density at radius 1 is 0.279 bits per heavy atom. The summed E-state index contributed by atoms with van der Waals surface area (Å²) in [6.07, 6.45) is 9.34. The van der Waals surface area contributed by atoms with Crippen molar-refractivity contribution in [1.29, 1.82) is 0 Å². The Bertz CT molecular complexity index is 1720. The fourth-order valence-corrected chi connectivity index (χ4v) is 9.66. The summed E-state index contributed by atoms with van der Waals surface area (Å²) in [5.74, 6) is 1.61. The van der Waals surface area contributed by atoms with Crippen LogP contribution in [-0.2, 0) is 32.7 Å². The van der Waals surface area contributed by atoms with E-state index in [-0.39, 0.29) is 38.3 Å². The van der Waals surface area contributed by atoms with E-state index in [9.17, 15) is 0 Å². The van der Waals surface area contributed by atoms with Crippen LogP contribution in [0.15, 0.2) is 35.9 Å². The van der Waals surface area contributed by atoms with E-state index in [0.717, 1.165) is 24.9 Å². The van der Waals surface area contributed by atoms with Gasteiger partial charge < -0.3 is 9.13 Å². The summed E-state index contributed by atoms with van der Waals surface area (Å²) in [4.78, 5) is 5.28. The van der Waals surface area contributed by atoms with Crippen molar-refractivity contribution in [2.24, 2.45) is 33.5 Å². The smallest absolute Gasteiger partial charge is 0.0355 e. The SMILES string of the molecule is CC(C)(C)C1=C(C(C)(C)C)CN(C(C)(C)C)C1.CC(C)(C)C1CN(C(C)(C)C)CC1C(C)(C)C.CC(C)(C)c1cn(C(C)(C)C)cc1C(C)(C)C.CC(C)(C)c1cn(C(C)(C)C)cc1C(C)(C)C. The Hall–Kier alpha value is -1.78. The van der Waals surface area contributed by atoms with Gasteiger partial charge in [-0.3, -0.25) is 9.80 Å². The Kier molecular flexibility index (Phi) is 19.5. The molecule has 4 nitrogen and oxygen atoms in total. The van der Waals surface area contributed by atoms with Crippen molar-refractivity contribution in [1.82, 2.24) is 18.9 Å². The molecule has 4 rings (SSSR count). The zero-order valence-corrected chi connectivity index (χ0v) is 53.1. The van der Waals surface area contributed by atoms with Gasteiger partial charge in [0.05, 0.1) is 0 Å². The van der Waals surface area contributed by atoms with Gasteiger partial charge in [0.2, 0.25) is 0 Å². The van der Waals surface area contributed by atoms with Crippen molar-refractivity contribution in [3.05, 3.63) is 58.2 Å². The minimum absolute atomic E-state index is 0.156. The number of hydrogen-bond donors (Lipinski definition) is 0. The molecule has 0 radical (unpaired) electrons. The lowest BCUT2D eigenvalue weighted by atomic mass is 9.66. The molecule has 2 aromatic rings. The lowest BCUT2D eigenvalue weighted by Crippen LogP contribution is -2.41. The van der Waals surface area contributed by atoms with Gasteiger partial charge in [0, 0.05) is 73.1 Å². The van der Waals surface area contributed by atoms with E-state index in [0.29, 0.717) is 27.2 Å². The molecular formula is C64H122N4. The number of hydrogen-bond acceptors (Lipinski definition) is 2. The van der Waals surface area contributed by atoms with Crippen LogP contribution in [0.2, 0.25) is 0 Å². The van der Waals surface area contributed by atoms with E-state index in [2.05, 4.69) is 293 Å². The monoisotopic (exact) mass is 947 g/mol. The lowest BCUT2D eigenvalue weighted by molar-refractivity contribution is 0.115. The second-order valence-corrected chi connectivity index (χ2v) is 33.8. The van der Waals surface area contributed by atoms with Gasteiger partial charge in [-0.15, -0.1) is 0 Å². The second-order valence-electron chi connectivity index (χ2n) is 33.8. The van der Waals surface area contributed by atoms with Gasteiger partial charge in [0.15, 0.2) is 0 Å². The van der Waals surface area contributed by atoms with E-state index in [4.69, 9.17) is 0 Å². The van der Waals surface area contributed by atoms with Crippen LogP contribution in [0.4, 0.5) is 0 Å². The molecule has 4 heterocycles. The maximum Gasteiger partial charge on any atom is 0.0355 e. The first kappa shape index (κ1) is 64.2. The summed E-state index contributed by atoms with van der Waals surface area (Å²) in [5.41, 5.74) is 12.3. The Labute approximate surface area is 428 Å². The average Bonchev–Trinajstić information content (AvgIpc) is 3.85. The van der Waals surface area contributed by atoms with Crippen LogP contribution < -0.4 is 0 Å². The van der Waals surface area contributed by atoms with Crippen molar-refractivity contribution in [3.8, 4) is 0 Å². The van der Waals surface area contributed by atoms with Crippen LogP contribution in [0.3, 0.4) is 0 Å². The topological polar surface area (TPSA) is 16.3 Å². The summed E-state index contributed by atoms with van der Waals surface area (Å²) in [7, 11) is 0. The molecule has 4 heteroatoms. The third kappa shape index (κ3) is 18.4. The normalized spacial score (nSPS) is 19.4. The minimum Gasteiger partial charge on any atom is -0.348 e. The lowest BCUT2D eigenvalue weighted by Gasteiger charge is -2.38. The Morgan fingerprint density at radius 3 is 0.618 bits per heavy atom. The fourth-order valence-electron chi connectivity index (χ4n) is 9.66. The highest BCUT2D eigenvalue weighted by molar-refractivity contribution is 5.38. The molecule has 0 saturated carbocycles. The quantitative estimate of drug-likeness (QED) is 0.245. The van der Waals surface area contributed by atoms with Crippen molar-refractivity contribution in [2.75, 3.05) is 26.2 Å². The molecule has 0 aliphatic carbocycles. The molecule has 2 unspecified atom stereocenters. The molecule has 398 valence electrons. The van der Waals surface area contributed by atoms with Crippen LogP contribution in [0.1, 0.15) is 272 Å². The molecule has 1 saturated heterocycles. The zero-order valence-electron chi connectivity index (χ0n) is 53.1. The number of rotatable bonds is 0. The van der Waals surface area contributed by atoms with Gasteiger partial charge in [-0.2, -0.15) is 0 Å². The molecule has 2 aromatic heterocycles. The molecule has 0 bridgehead atoms. The first-order valence-electron chi connectivity index (χ1n) is 27.0. The standard InChI is InChI=1S/C16H33N.C16H31N.2C16H29N/c4*1-14(2,3)12-10-17(16(7,8)9)11-13(12)15(4,5)6/h12-13H,10-11H2,1-9H3;10-11H2,1-9H3;2*10-11H,1-9H3. The average molecular weight is 948 g/mol. The van der Waals surface area contributed by atoms with E-state index in [1.165, 1.54) is 35.3 Å². The fraction of sp³-hybridized carbons (Fsp3) is 0.844. The molecule has 2 aliphatic heterocycles. The number of likely N-dealkylation sites (tertiary alicyclic amines) is 1. The van der Waals surface area contributed by atoms with Gasteiger partial charge in [-0.05, 0) is 172 Å². The summed E-state index contributed by atoms with van der Waals surface area (Å²) >= 11 is 0. The highest BCUT2D eigenvalue weighted by atomic mass is 15.2. The molecule has 0 spiro atoms. The van der Waals surface area contributed by atoms with Crippen LogP contribution in [0, 0.1) is 33.5 Å². The maximum atomic E-state index is 2.68. The second kappa shape index (κ2) is 20.6. The van der Waals surface area contributed by atoms with Crippen LogP contribution >= 0.6 is 0 Å². The van der Waals surface area contributed by atoms with Gasteiger partial charge in [-0.25, -0.2) is 0 Å². The Morgan fingerprint density at radius 2 is 0.485 bits per heavy atom. The van der Waals surface area contributed by atoms with Crippen molar-refractivity contribution >= 4 is 0 Å². The molecule has 0 amide bonds. The van der Waals surface area contributed by atoms with E-state index in [1.54, 1.807) is 11.1 Å². The third-order valence-electron chi connectivity index (χ3n) is 14.7. The molecule has 2 aliphatic rings. The predicted molar refractivity (Wildman–Crippen MR) is 308 cm³/mol. The van der Waals surface area contributed by atoms with Gasteiger partial charge in [0.25, 0.3) is 0 Å². The van der Waals surface area contributed by atoms with E-state index in [1.807, 2.05) is 0 Å². The summed E-state index contributed by atoms with van der Waals surface area (Å²) in [5, 5.41) is 0. The molecule has 0 aromatic carbocycles. The summed E-state index contributed by atoms with van der Waals surface area (Å²) < 4.78 is 4.71. The first-order valence-corrected chi connectivity index (χ1v) is 27.0. The van der Waals surface area contributed by atoms with Crippen molar-refractivity contribution in [2.45, 2.75) is 293 Å². The van der Waals surface area contributed by atoms with Crippen LogP contribution in [0.5, 0.6) is 0 Å². The predicted octanol–water partition coefficient (Wildman–Crippen LogP) is 18.6. The van der Waals surface area contributed by atoms with E-state index >= 15 is 0 Å². The first-order chi connectivity index (χ1) is 29.3. The highest BCUT2D eigenvalue weighted by Crippen LogP contribution is 2.48. The van der Waals surface area contributed by atoms with E-state index < -0.39 is 0 Å². The van der Waals surface area contributed by atoms with Gasteiger partial charge in [-0.1, -0.05) is 166 Å². The minimum atomic E-state index is 0.156.